The fraction of sp³-hybridized carbons (Fsp3) is 0.357. The van der Waals surface area contributed by atoms with Crippen molar-refractivity contribution in [1.82, 2.24) is 9.97 Å². The van der Waals surface area contributed by atoms with Crippen molar-refractivity contribution in [3.63, 3.8) is 0 Å². The molecule has 8 aromatic rings. The molecule has 1 saturated carbocycles. The Morgan fingerprint density at radius 3 is 1.79 bits per heavy atom. The number of furan rings is 2. The molecule has 12 rings (SSSR count). The molecule has 3 saturated heterocycles. The number of pyridine rings is 2. The van der Waals surface area contributed by atoms with E-state index in [0.717, 1.165) is 89.5 Å². The number of benzene rings is 4. The molecule has 1 unspecified atom stereocenters. The Morgan fingerprint density at radius 2 is 1.19 bits per heavy atom. The van der Waals surface area contributed by atoms with Gasteiger partial charge in [-0.15, -0.1) is 0 Å². The molecule has 0 radical (unpaired) electrons. The number of fused-ring (bicyclic) bond motifs is 6. The van der Waals surface area contributed by atoms with E-state index in [1.807, 2.05) is 82.3 Å². The van der Waals surface area contributed by atoms with Crippen LogP contribution >= 0.6 is 0 Å². The van der Waals surface area contributed by atoms with Crippen molar-refractivity contribution in [3.05, 3.63) is 118 Å². The maximum atomic E-state index is 13.0. The summed E-state index contributed by atoms with van der Waals surface area (Å²) in [7, 11) is 0. The SMILES string of the molecule is Cc1c(-c2cc(C(=O)O)c3c(O[C@H]4C[C@@H]5CC(c6ccc7oc(-c8cc(C(=O)O)c9c(O[C@H]%10C[C@@H](C%11CCOCC%11)C%10)ccc(C)c9n8)c(C)c7c6)[C@H](C4)O5)ccc(C)c3n2)oc2ccccc12. The summed E-state index contributed by atoms with van der Waals surface area (Å²) in [4.78, 5) is 36.0. The van der Waals surface area contributed by atoms with Crippen LogP contribution in [0.15, 0.2) is 87.7 Å². The molecule has 0 amide bonds. The zero-order chi connectivity index (χ0) is 46.5. The summed E-state index contributed by atoms with van der Waals surface area (Å²) < 4.78 is 38.2. The first kappa shape index (κ1) is 42.6. The van der Waals surface area contributed by atoms with Gasteiger partial charge in [-0.25, -0.2) is 19.6 Å². The Balaban J connectivity index is 0.805. The zero-order valence-electron chi connectivity index (χ0n) is 38.5. The number of hydrogen-bond donors (Lipinski definition) is 2. The normalized spacial score (nSPS) is 22.8. The lowest BCUT2D eigenvalue weighted by molar-refractivity contribution is -0.0464. The topological polar surface area (TPSA) is 164 Å². The second-order valence-corrected chi connectivity index (χ2v) is 19.6. The van der Waals surface area contributed by atoms with Crippen LogP contribution in [0.2, 0.25) is 0 Å². The monoisotopic (exact) mass is 912 g/mol. The molecule has 2 bridgehead atoms. The Bertz CT molecular complexity index is 3360. The van der Waals surface area contributed by atoms with Crippen LogP contribution in [-0.4, -0.2) is 69.7 Å². The Morgan fingerprint density at radius 1 is 0.618 bits per heavy atom. The lowest BCUT2D eigenvalue weighted by Crippen LogP contribution is -2.39. The van der Waals surface area contributed by atoms with E-state index < -0.39 is 11.9 Å². The summed E-state index contributed by atoms with van der Waals surface area (Å²) in [6.45, 7) is 9.48. The highest BCUT2D eigenvalue weighted by atomic mass is 16.5. The molecule has 4 atom stereocenters. The minimum Gasteiger partial charge on any atom is -0.490 e. The lowest BCUT2D eigenvalue weighted by Gasteiger charge is -2.41. The fourth-order valence-corrected chi connectivity index (χ4v) is 11.7. The van der Waals surface area contributed by atoms with Crippen LogP contribution in [-0.2, 0) is 9.47 Å². The summed E-state index contributed by atoms with van der Waals surface area (Å²) >= 11 is 0. The molecule has 2 N–H and O–H groups in total. The summed E-state index contributed by atoms with van der Waals surface area (Å²) in [5.74, 6) is 1.36. The largest absolute Gasteiger partial charge is 0.490 e. The minimum atomic E-state index is -1.07. The summed E-state index contributed by atoms with van der Waals surface area (Å²) in [6, 6.07) is 24.8. The van der Waals surface area contributed by atoms with Crippen LogP contribution in [0.1, 0.15) is 99.4 Å². The van der Waals surface area contributed by atoms with E-state index in [9.17, 15) is 19.8 Å². The quantitative estimate of drug-likeness (QED) is 0.134. The molecule has 346 valence electrons. The lowest BCUT2D eigenvalue weighted by atomic mass is 9.71. The number of nitrogens with zero attached hydrogens (tertiary/aromatic N) is 2. The van der Waals surface area contributed by atoms with Crippen LogP contribution < -0.4 is 9.47 Å². The molecule has 4 fully saturated rings. The van der Waals surface area contributed by atoms with Crippen molar-refractivity contribution in [1.29, 1.82) is 0 Å². The number of carboxylic acids is 2. The highest BCUT2D eigenvalue weighted by Gasteiger charge is 2.44. The molecule has 4 aromatic heterocycles. The van der Waals surface area contributed by atoms with Gasteiger partial charge in [0.25, 0.3) is 0 Å². The minimum absolute atomic E-state index is 0.0389. The third-order valence-corrected chi connectivity index (χ3v) is 15.4. The van der Waals surface area contributed by atoms with Gasteiger partial charge in [-0.05, 0) is 131 Å². The number of rotatable bonds is 10. The average Bonchev–Trinajstić information content (AvgIpc) is 3.96. The van der Waals surface area contributed by atoms with Gasteiger partial charge in [0, 0.05) is 53.9 Å². The first-order valence-corrected chi connectivity index (χ1v) is 23.9. The second-order valence-electron chi connectivity index (χ2n) is 19.6. The van der Waals surface area contributed by atoms with E-state index in [-0.39, 0.29) is 41.5 Å². The molecule has 7 heterocycles. The molecule has 4 aromatic carbocycles. The molecule has 4 aliphatic rings. The van der Waals surface area contributed by atoms with E-state index in [0.29, 0.717) is 86.5 Å². The molecule has 0 spiro atoms. The van der Waals surface area contributed by atoms with Crippen LogP contribution in [0.4, 0.5) is 0 Å². The molecule has 68 heavy (non-hydrogen) atoms. The summed E-state index contributed by atoms with van der Waals surface area (Å²) in [6.07, 6.45) is 5.87. The number of aromatic carboxylic acids is 2. The number of ether oxygens (including phenoxy) is 4. The number of carboxylic acid groups (broad SMARTS) is 2. The van der Waals surface area contributed by atoms with E-state index in [1.54, 1.807) is 12.1 Å². The van der Waals surface area contributed by atoms with Crippen LogP contribution in [0.5, 0.6) is 11.5 Å². The van der Waals surface area contributed by atoms with Gasteiger partial charge in [0.2, 0.25) is 0 Å². The van der Waals surface area contributed by atoms with Crippen molar-refractivity contribution in [2.45, 2.75) is 103 Å². The van der Waals surface area contributed by atoms with Crippen LogP contribution in [0, 0.1) is 39.5 Å². The van der Waals surface area contributed by atoms with E-state index >= 15 is 0 Å². The first-order chi connectivity index (χ1) is 32.9. The van der Waals surface area contributed by atoms with Gasteiger partial charge in [0.1, 0.15) is 40.2 Å². The smallest absolute Gasteiger partial charge is 0.336 e. The maximum absolute atomic E-state index is 13.0. The zero-order valence-corrected chi connectivity index (χ0v) is 38.5. The predicted octanol–water partition coefficient (Wildman–Crippen LogP) is 12.3. The molecule has 12 heteroatoms. The number of aromatic nitrogens is 2. The highest BCUT2D eigenvalue weighted by Crippen LogP contribution is 2.47. The Hall–Kier alpha value is -6.76. The van der Waals surface area contributed by atoms with Crippen molar-refractivity contribution in [3.8, 4) is 34.4 Å². The standard InChI is InChI=1S/C56H52N2O10/c1-27-9-12-46(64-34-19-33(20-34)31-15-17-63-18-16-31)49-41(56(61)62)26-43(58-51(27)49)54-30(4)38-21-32(11-14-45(38)68-54)39-23-35-22-36(24-48(39)66-35)65-47-13-10-28(2)52-50(47)40(55(59)60)25-42(57-52)53-29(3)37-7-5-6-8-44(37)67-53/h5-14,21,25-26,31,33-36,39,48H,15-20,22-24H2,1-4H3,(H,59,60)(H,61,62)/t33-,34+,35-,36+,39?,48+/m1/s1. The van der Waals surface area contributed by atoms with Gasteiger partial charge < -0.3 is 38.0 Å². The summed E-state index contributed by atoms with van der Waals surface area (Å²) in [5, 5.41) is 24.1. The second kappa shape index (κ2) is 16.5. The van der Waals surface area contributed by atoms with E-state index in [4.69, 9.17) is 37.7 Å². The van der Waals surface area contributed by atoms with Gasteiger partial charge in [0.05, 0.1) is 51.2 Å². The molecular weight excluding hydrogens is 861 g/mol. The van der Waals surface area contributed by atoms with E-state index in [2.05, 4.69) is 12.1 Å². The van der Waals surface area contributed by atoms with Crippen LogP contribution in [0.3, 0.4) is 0 Å². The van der Waals surface area contributed by atoms with Gasteiger partial charge in [-0.2, -0.15) is 0 Å². The third-order valence-electron chi connectivity index (χ3n) is 15.4. The van der Waals surface area contributed by atoms with Crippen molar-refractivity contribution in [2.75, 3.05) is 13.2 Å². The van der Waals surface area contributed by atoms with Crippen molar-refractivity contribution in [2.24, 2.45) is 11.8 Å². The molecule has 12 nitrogen and oxygen atoms in total. The maximum Gasteiger partial charge on any atom is 0.336 e. The average molecular weight is 913 g/mol. The van der Waals surface area contributed by atoms with Gasteiger partial charge in [-0.1, -0.05) is 36.4 Å². The Kier molecular flexibility index (Phi) is 10.3. The van der Waals surface area contributed by atoms with Gasteiger partial charge in [-0.3, -0.25) is 0 Å². The number of hydrogen-bond acceptors (Lipinski definition) is 10. The van der Waals surface area contributed by atoms with E-state index in [1.165, 1.54) is 0 Å². The highest BCUT2D eigenvalue weighted by molar-refractivity contribution is 6.08. The predicted molar refractivity (Wildman–Crippen MR) is 257 cm³/mol. The third kappa shape index (κ3) is 7.18. The number of carbonyl (C=O) groups is 2. The molecule has 1 aliphatic carbocycles. The Labute approximate surface area is 392 Å². The summed E-state index contributed by atoms with van der Waals surface area (Å²) in [5.41, 5.74) is 8.30. The first-order valence-electron chi connectivity index (χ1n) is 23.9. The fourth-order valence-electron chi connectivity index (χ4n) is 11.7. The number of aryl methyl sites for hydroxylation is 4. The number of para-hydroxylation sites is 1. The van der Waals surface area contributed by atoms with Gasteiger partial charge >= 0.3 is 11.9 Å². The van der Waals surface area contributed by atoms with Gasteiger partial charge in [0.15, 0.2) is 11.5 Å². The molecular formula is C56H52N2O10. The molecule has 3 aliphatic heterocycles. The van der Waals surface area contributed by atoms with Crippen LogP contribution in [0.25, 0.3) is 66.7 Å². The van der Waals surface area contributed by atoms with Crippen molar-refractivity contribution >= 4 is 55.7 Å². The van der Waals surface area contributed by atoms with Crippen molar-refractivity contribution < 1.29 is 47.6 Å².